The molecular weight excluding hydrogens is 304 g/mol. The van der Waals surface area contributed by atoms with E-state index in [2.05, 4.69) is 0 Å². The molecule has 0 aromatic rings. The molecule has 24 heavy (non-hydrogen) atoms. The molecule has 0 radical (unpaired) electrons. The van der Waals surface area contributed by atoms with Gasteiger partial charge < -0.3 is 9.47 Å². The van der Waals surface area contributed by atoms with Crippen LogP contribution in [0.4, 0.5) is 0 Å². The number of rotatable bonds is 3. The van der Waals surface area contributed by atoms with Gasteiger partial charge in [-0.2, -0.15) is 0 Å². The van der Waals surface area contributed by atoms with Crippen molar-refractivity contribution in [2.45, 2.75) is 91.3 Å². The van der Waals surface area contributed by atoms with Crippen molar-refractivity contribution in [3.05, 3.63) is 11.1 Å². The molecule has 0 aliphatic heterocycles. The smallest absolute Gasteiger partial charge is 0.334 e. The Morgan fingerprint density at radius 2 is 1.58 bits per heavy atom. The monoisotopic (exact) mass is 336 g/mol. The maximum Gasteiger partial charge on any atom is 0.334 e. The van der Waals surface area contributed by atoms with Gasteiger partial charge in [0.25, 0.3) is 0 Å². The molecule has 2 aliphatic carbocycles. The van der Waals surface area contributed by atoms with Gasteiger partial charge in [-0.05, 0) is 79.6 Å². The fourth-order valence-electron chi connectivity index (χ4n) is 3.82. The molecule has 0 bridgehead atoms. The normalized spacial score (nSPS) is 24.6. The fourth-order valence-corrected chi connectivity index (χ4v) is 3.82. The summed E-state index contributed by atoms with van der Waals surface area (Å²) in [5, 5.41) is 0. The van der Waals surface area contributed by atoms with Gasteiger partial charge >= 0.3 is 11.9 Å². The summed E-state index contributed by atoms with van der Waals surface area (Å²) in [5.41, 5.74) is 0.988. The first-order valence-corrected chi connectivity index (χ1v) is 9.14. The van der Waals surface area contributed by atoms with E-state index >= 15 is 0 Å². The lowest BCUT2D eigenvalue weighted by atomic mass is 9.76. The van der Waals surface area contributed by atoms with Gasteiger partial charge in [0.2, 0.25) is 0 Å². The number of allylic oxidation sites excluding steroid dienone is 1. The lowest BCUT2D eigenvalue weighted by Crippen LogP contribution is -2.32. The Balaban J connectivity index is 2.21. The third-order valence-electron chi connectivity index (χ3n) is 4.56. The number of carbonyl (C=O) groups excluding carboxylic acids is 2. The third-order valence-corrected chi connectivity index (χ3v) is 4.56. The average molecular weight is 336 g/mol. The van der Waals surface area contributed by atoms with E-state index in [4.69, 9.17) is 9.47 Å². The zero-order valence-electron chi connectivity index (χ0n) is 16.0. The lowest BCUT2D eigenvalue weighted by molar-refractivity contribution is -0.156. The van der Waals surface area contributed by atoms with Gasteiger partial charge in [-0.15, -0.1) is 0 Å². The molecular formula is C20H32O4. The first kappa shape index (κ1) is 19.0. The van der Waals surface area contributed by atoms with Crippen LogP contribution >= 0.6 is 0 Å². The molecule has 0 amide bonds. The molecule has 0 heterocycles. The predicted octanol–water partition coefficient (Wildman–Crippen LogP) is 4.57. The van der Waals surface area contributed by atoms with E-state index in [1.165, 1.54) is 5.57 Å². The third kappa shape index (κ3) is 5.09. The zero-order chi connectivity index (χ0) is 18.1. The topological polar surface area (TPSA) is 52.6 Å². The van der Waals surface area contributed by atoms with Gasteiger partial charge in [-0.25, -0.2) is 4.79 Å². The van der Waals surface area contributed by atoms with Crippen molar-refractivity contribution in [1.82, 2.24) is 0 Å². The predicted molar refractivity (Wildman–Crippen MR) is 93.4 cm³/mol. The lowest BCUT2D eigenvalue weighted by Gasteiger charge is -2.32. The van der Waals surface area contributed by atoms with Crippen molar-refractivity contribution in [3.63, 3.8) is 0 Å². The highest BCUT2D eigenvalue weighted by atomic mass is 16.6. The average Bonchev–Trinajstić information content (AvgIpc) is 2.81. The summed E-state index contributed by atoms with van der Waals surface area (Å²) in [4.78, 5) is 25.1. The van der Waals surface area contributed by atoms with Crippen molar-refractivity contribution in [2.24, 2.45) is 11.8 Å². The van der Waals surface area contributed by atoms with Crippen LogP contribution < -0.4 is 0 Å². The highest BCUT2D eigenvalue weighted by Gasteiger charge is 2.38. The second-order valence-electron chi connectivity index (χ2n) is 9.09. The van der Waals surface area contributed by atoms with Crippen LogP contribution in [0.2, 0.25) is 0 Å². The Morgan fingerprint density at radius 1 is 0.958 bits per heavy atom. The molecule has 136 valence electrons. The Bertz CT molecular complexity index is 531. The summed E-state index contributed by atoms with van der Waals surface area (Å²) < 4.78 is 11.1. The molecule has 0 spiro atoms. The van der Waals surface area contributed by atoms with Crippen molar-refractivity contribution in [1.29, 1.82) is 0 Å². The van der Waals surface area contributed by atoms with Crippen LogP contribution in [0.3, 0.4) is 0 Å². The van der Waals surface area contributed by atoms with E-state index < -0.39 is 11.2 Å². The van der Waals surface area contributed by atoms with Crippen molar-refractivity contribution in [3.8, 4) is 0 Å². The number of fused-ring (bicyclic) bond motifs is 1. The van der Waals surface area contributed by atoms with Crippen LogP contribution in [0.5, 0.6) is 0 Å². The molecule has 0 saturated heterocycles. The van der Waals surface area contributed by atoms with Gasteiger partial charge in [0.1, 0.15) is 11.2 Å². The van der Waals surface area contributed by atoms with Crippen LogP contribution in [-0.4, -0.2) is 23.1 Å². The van der Waals surface area contributed by atoms with Crippen molar-refractivity contribution >= 4 is 11.9 Å². The minimum Gasteiger partial charge on any atom is -0.460 e. The number of hydrogen-bond acceptors (Lipinski definition) is 4. The quantitative estimate of drug-likeness (QED) is 0.709. The number of carbonyl (C=O) groups is 2. The van der Waals surface area contributed by atoms with Gasteiger partial charge in [0.05, 0.1) is 6.42 Å². The van der Waals surface area contributed by atoms with E-state index in [0.717, 1.165) is 37.7 Å². The fraction of sp³-hybridized carbons (Fsp3) is 0.800. The number of hydrogen-bond donors (Lipinski definition) is 0. The molecule has 1 saturated carbocycles. The second kappa shape index (κ2) is 6.89. The van der Waals surface area contributed by atoms with Gasteiger partial charge in [0.15, 0.2) is 0 Å². The van der Waals surface area contributed by atoms with E-state index in [1.807, 2.05) is 41.5 Å². The Labute approximate surface area is 146 Å². The second-order valence-corrected chi connectivity index (χ2v) is 9.09. The molecule has 0 N–H and O–H groups in total. The molecule has 0 aromatic carbocycles. The molecule has 4 nitrogen and oxygen atoms in total. The first-order chi connectivity index (χ1) is 11.0. The van der Waals surface area contributed by atoms with Crippen LogP contribution in [0, 0.1) is 11.8 Å². The van der Waals surface area contributed by atoms with Crippen LogP contribution in [0.1, 0.15) is 80.1 Å². The maximum atomic E-state index is 12.8. The summed E-state index contributed by atoms with van der Waals surface area (Å²) in [7, 11) is 0. The molecule has 2 atom stereocenters. The minimum absolute atomic E-state index is 0.0703. The standard InChI is InChI=1S/C20H32O4/c1-19(2,3)23-16(21)12-14-11-10-13-8-7-9-15(13)17(14)18(22)24-20(4,5)6/h13-14H,7-12H2,1-6H3/t13-,14-/m1/s1. The minimum atomic E-state index is -0.521. The van der Waals surface area contributed by atoms with E-state index in [9.17, 15) is 9.59 Å². The Hall–Kier alpha value is -1.32. The van der Waals surface area contributed by atoms with Gasteiger partial charge in [0, 0.05) is 11.5 Å². The maximum absolute atomic E-state index is 12.8. The summed E-state index contributed by atoms with van der Waals surface area (Å²) in [6.45, 7) is 11.2. The first-order valence-electron chi connectivity index (χ1n) is 9.14. The molecule has 2 aliphatic rings. The summed E-state index contributed by atoms with van der Waals surface area (Å²) in [6, 6.07) is 0. The van der Waals surface area contributed by atoms with Crippen molar-refractivity contribution in [2.75, 3.05) is 0 Å². The molecule has 4 heteroatoms. The van der Waals surface area contributed by atoms with E-state index in [-0.39, 0.29) is 24.3 Å². The van der Waals surface area contributed by atoms with Crippen LogP contribution in [0.15, 0.2) is 11.1 Å². The Morgan fingerprint density at radius 3 is 2.17 bits per heavy atom. The molecule has 2 rings (SSSR count). The summed E-state index contributed by atoms with van der Waals surface area (Å²) in [6.07, 6.45) is 5.44. The number of esters is 2. The van der Waals surface area contributed by atoms with Crippen LogP contribution in [-0.2, 0) is 19.1 Å². The highest BCUT2D eigenvalue weighted by molar-refractivity contribution is 5.91. The molecule has 1 fully saturated rings. The van der Waals surface area contributed by atoms with E-state index in [0.29, 0.717) is 5.92 Å². The Kier molecular flexibility index (Phi) is 5.46. The number of ether oxygens (including phenoxy) is 2. The van der Waals surface area contributed by atoms with E-state index in [1.54, 1.807) is 0 Å². The van der Waals surface area contributed by atoms with Gasteiger partial charge in [-0.1, -0.05) is 5.57 Å². The van der Waals surface area contributed by atoms with Gasteiger partial charge in [-0.3, -0.25) is 4.79 Å². The summed E-state index contributed by atoms with van der Waals surface area (Å²) in [5.74, 6) is -0.0373. The highest BCUT2D eigenvalue weighted by Crippen LogP contribution is 2.45. The molecule has 0 aromatic heterocycles. The largest absolute Gasteiger partial charge is 0.460 e. The van der Waals surface area contributed by atoms with Crippen molar-refractivity contribution < 1.29 is 19.1 Å². The zero-order valence-corrected chi connectivity index (χ0v) is 16.0. The summed E-state index contributed by atoms with van der Waals surface area (Å²) >= 11 is 0. The SMILES string of the molecule is CC(C)(C)OC(=O)C[C@H]1CC[C@H]2CCCC2=C1C(=O)OC(C)(C)C. The molecule has 0 unspecified atom stereocenters. The van der Waals surface area contributed by atoms with Crippen LogP contribution in [0.25, 0.3) is 0 Å².